The van der Waals surface area contributed by atoms with Gasteiger partial charge < -0.3 is 15.5 Å². The third-order valence-corrected chi connectivity index (χ3v) is 3.12. The van der Waals surface area contributed by atoms with Crippen LogP contribution in [0.3, 0.4) is 0 Å². The smallest absolute Gasteiger partial charge is 0.245 e. The molecular weight excluding hydrogens is 194 g/mol. The summed E-state index contributed by atoms with van der Waals surface area (Å²) < 4.78 is 0. The largest absolute Gasteiger partial charge is 0.344 e. The maximum atomic E-state index is 12.0. The van der Waals surface area contributed by atoms with Crippen LogP contribution in [0.15, 0.2) is 0 Å². The molecule has 2 aliphatic heterocycles. The minimum atomic E-state index is -0.280. The molecule has 2 saturated heterocycles. The molecule has 5 nitrogen and oxygen atoms in total. The summed E-state index contributed by atoms with van der Waals surface area (Å²) >= 11 is 0. The molecule has 0 spiro atoms. The zero-order chi connectivity index (χ0) is 10.8. The number of carbonyl (C=O) groups excluding carboxylic acids is 2. The van der Waals surface area contributed by atoms with Crippen molar-refractivity contribution in [1.82, 2.24) is 15.5 Å². The molecule has 1 atom stereocenters. The van der Waals surface area contributed by atoms with Gasteiger partial charge in [-0.1, -0.05) is 0 Å². The number of likely N-dealkylation sites (N-methyl/N-ethyl adjacent to an activating group) is 1. The van der Waals surface area contributed by atoms with Crippen LogP contribution in [0.2, 0.25) is 0 Å². The highest BCUT2D eigenvalue weighted by atomic mass is 16.2. The van der Waals surface area contributed by atoms with Crippen LogP contribution < -0.4 is 10.6 Å². The van der Waals surface area contributed by atoms with Crippen LogP contribution in [-0.4, -0.2) is 48.4 Å². The van der Waals surface area contributed by atoms with Gasteiger partial charge in [0.25, 0.3) is 0 Å². The molecule has 2 heterocycles. The lowest BCUT2D eigenvalue weighted by Crippen LogP contribution is -2.61. The summed E-state index contributed by atoms with van der Waals surface area (Å²) in [5, 5.41) is 5.87. The summed E-state index contributed by atoms with van der Waals surface area (Å²) in [5.74, 6) is 0.0750. The molecule has 0 aromatic carbocycles. The van der Waals surface area contributed by atoms with Gasteiger partial charge in [0, 0.05) is 26.1 Å². The van der Waals surface area contributed by atoms with E-state index in [4.69, 9.17) is 0 Å². The van der Waals surface area contributed by atoms with E-state index in [2.05, 4.69) is 10.6 Å². The summed E-state index contributed by atoms with van der Waals surface area (Å²) in [6.07, 6.45) is 1.13. The highest BCUT2D eigenvalue weighted by molar-refractivity contribution is 5.91. The predicted molar refractivity (Wildman–Crippen MR) is 55.2 cm³/mol. The number of amides is 2. The van der Waals surface area contributed by atoms with E-state index in [-0.39, 0.29) is 17.9 Å². The van der Waals surface area contributed by atoms with E-state index < -0.39 is 0 Å². The van der Waals surface area contributed by atoms with Gasteiger partial charge in [0.1, 0.15) is 6.04 Å². The Labute approximate surface area is 89.2 Å². The van der Waals surface area contributed by atoms with Crippen molar-refractivity contribution in [3.63, 3.8) is 0 Å². The third-order valence-electron chi connectivity index (χ3n) is 3.12. The van der Waals surface area contributed by atoms with Gasteiger partial charge in [-0.15, -0.1) is 0 Å². The second-order valence-electron chi connectivity index (χ2n) is 4.10. The molecule has 15 heavy (non-hydrogen) atoms. The van der Waals surface area contributed by atoms with E-state index in [1.165, 1.54) is 0 Å². The Morgan fingerprint density at radius 2 is 2.27 bits per heavy atom. The Bertz CT molecular complexity index is 276. The van der Waals surface area contributed by atoms with Crippen LogP contribution in [0, 0.1) is 0 Å². The van der Waals surface area contributed by atoms with Gasteiger partial charge in [-0.2, -0.15) is 0 Å². The molecule has 0 aromatic heterocycles. The highest BCUT2D eigenvalue weighted by Crippen LogP contribution is 2.13. The third kappa shape index (κ3) is 1.97. The first kappa shape index (κ1) is 10.4. The lowest BCUT2D eigenvalue weighted by Gasteiger charge is -2.38. The molecule has 0 radical (unpaired) electrons. The first-order valence-electron chi connectivity index (χ1n) is 5.53. The van der Waals surface area contributed by atoms with Crippen molar-refractivity contribution in [3.05, 3.63) is 0 Å². The highest BCUT2D eigenvalue weighted by Gasteiger charge is 2.34. The Hall–Kier alpha value is -1.10. The van der Waals surface area contributed by atoms with Crippen LogP contribution in [0.1, 0.15) is 19.8 Å². The van der Waals surface area contributed by atoms with E-state index in [9.17, 15) is 9.59 Å². The fourth-order valence-corrected chi connectivity index (χ4v) is 2.09. The lowest BCUT2D eigenvalue weighted by atomic mass is 10.1. The average Bonchev–Trinajstić information content (AvgIpc) is 2.57. The fraction of sp³-hybridized carbons (Fsp3) is 0.800. The standard InChI is InChI=1S/C10H17N3O2/c1-2-13(7-5-11-6-7)10(15)8-3-4-9(14)12-8/h7-8,11H,2-6H2,1H3,(H,12,14)/t8-/m1/s1. The van der Waals surface area contributed by atoms with Crippen molar-refractivity contribution in [2.45, 2.75) is 31.8 Å². The van der Waals surface area contributed by atoms with E-state index in [0.29, 0.717) is 18.9 Å². The topological polar surface area (TPSA) is 61.4 Å². The van der Waals surface area contributed by atoms with Crippen molar-refractivity contribution in [3.8, 4) is 0 Å². The van der Waals surface area contributed by atoms with Crippen LogP contribution >= 0.6 is 0 Å². The Morgan fingerprint density at radius 3 is 2.67 bits per heavy atom. The summed E-state index contributed by atoms with van der Waals surface area (Å²) in [5.41, 5.74) is 0. The van der Waals surface area contributed by atoms with Crippen LogP contribution in [-0.2, 0) is 9.59 Å². The molecule has 0 aliphatic carbocycles. The zero-order valence-electron chi connectivity index (χ0n) is 8.95. The zero-order valence-corrected chi connectivity index (χ0v) is 8.95. The summed E-state index contributed by atoms with van der Waals surface area (Å²) in [6, 6.07) is 0.0399. The van der Waals surface area contributed by atoms with Gasteiger partial charge in [0.2, 0.25) is 11.8 Å². The quantitative estimate of drug-likeness (QED) is 0.635. The van der Waals surface area contributed by atoms with Crippen molar-refractivity contribution >= 4 is 11.8 Å². The van der Waals surface area contributed by atoms with Crippen molar-refractivity contribution in [1.29, 1.82) is 0 Å². The summed E-state index contributed by atoms with van der Waals surface area (Å²) in [4.78, 5) is 24.9. The van der Waals surface area contributed by atoms with Gasteiger partial charge >= 0.3 is 0 Å². The number of nitrogens with zero attached hydrogens (tertiary/aromatic N) is 1. The molecule has 0 unspecified atom stereocenters. The van der Waals surface area contributed by atoms with Gasteiger partial charge in [0.15, 0.2) is 0 Å². The minimum Gasteiger partial charge on any atom is -0.344 e. The van der Waals surface area contributed by atoms with Crippen molar-refractivity contribution in [2.24, 2.45) is 0 Å². The molecular formula is C10H17N3O2. The van der Waals surface area contributed by atoms with Crippen LogP contribution in [0.25, 0.3) is 0 Å². The fourth-order valence-electron chi connectivity index (χ4n) is 2.09. The minimum absolute atomic E-state index is 0.00358. The van der Waals surface area contributed by atoms with E-state index in [1.54, 1.807) is 0 Å². The van der Waals surface area contributed by atoms with Crippen molar-refractivity contribution in [2.75, 3.05) is 19.6 Å². The molecule has 2 rings (SSSR count). The van der Waals surface area contributed by atoms with Crippen LogP contribution in [0.5, 0.6) is 0 Å². The second-order valence-corrected chi connectivity index (χ2v) is 4.10. The molecule has 0 aromatic rings. The van der Waals surface area contributed by atoms with E-state index in [1.807, 2.05) is 11.8 Å². The van der Waals surface area contributed by atoms with E-state index >= 15 is 0 Å². The molecule has 2 fully saturated rings. The summed E-state index contributed by atoms with van der Waals surface area (Å²) in [6.45, 7) is 4.45. The number of rotatable bonds is 3. The Balaban J connectivity index is 1.95. The average molecular weight is 211 g/mol. The lowest BCUT2D eigenvalue weighted by molar-refractivity contribution is -0.137. The second kappa shape index (κ2) is 4.18. The van der Waals surface area contributed by atoms with Gasteiger partial charge in [0.05, 0.1) is 6.04 Å². The predicted octanol–water partition coefficient (Wildman–Crippen LogP) is -0.915. The molecule has 2 N–H and O–H groups in total. The number of hydrogen-bond donors (Lipinski definition) is 2. The van der Waals surface area contributed by atoms with Gasteiger partial charge in [-0.25, -0.2) is 0 Å². The molecule has 0 bridgehead atoms. The van der Waals surface area contributed by atoms with Gasteiger partial charge in [-0.3, -0.25) is 9.59 Å². The Morgan fingerprint density at radius 1 is 1.53 bits per heavy atom. The SMILES string of the molecule is CCN(C(=O)[C@H]1CCC(=O)N1)C1CNC1. The summed E-state index contributed by atoms with van der Waals surface area (Å²) in [7, 11) is 0. The van der Waals surface area contributed by atoms with Crippen molar-refractivity contribution < 1.29 is 9.59 Å². The first-order chi connectivity index (χ1) is 7.22. The maximum absolute atomic E-state index is 12.0. The number of carbonyl (C=O) groups is 2. The van der Waals surface area contributed by atoms with Gasteiger partial charge in [-0.05, 0) is 13.3 Å². The number of nitrogens with one attached hydrogen (secondary N) is 2. The molecule has 2 amide bonds. The van der Waals surface area contributed by atoms with E-state index in [0.717, 1.165) is 19.6 Å². The normalized spacial score (nSPS) is 25.9. The number of hydrogen-bond acceptors (Lipinski definition) is 3. The first-order valence-corrected chi connectivity index (χ1v) is 5.53. The molecule has 5 heteroatoms. The Kier molecular flexibility index (Phi) is 2.90. The molecule has 0 saturated carbocycles. The molecule has 2 aliphatic rings. The monoisotopic (exact) mass is 211 g/mol. The van der Waals surface area contributed by atoms with Crippen LogP contribution in [0.4, 0.5) is 0 Å². The molecule has 84 valence electrons. The maximum Gasteiger partial charge on any atom is 0.245 e.